The number of likely N-dealkylation sites (tertiary alicyclic amines) is 1. The fourth-order valence-electron chi connectivity index (χ4n) is 5.34. The molecule has 1 unspecified atom stereocenters. The lowest BCUT2D eigenvalue weighted by molar-refractivity contribution is -0.159. The minimum atomic E-state index is -1.54. The van der Waals surface area contributed by atoms with Crippen LogP contribution in [0.3, 0.4) is 0 Å². The third-order valence-corrected chi connectivity index (χ3v) is 7.37. The second-order valence-corrected chi connectivity index (χ2v) is 9.64. The monoisotopic (exact) mass is 499 g/mol. The highest BCUT2D eigenvalue weighted by Crippen LogP contribution is 2.43. The maximum atomic E-state index is 14.0. The topological polar surface area (TPSA) is 116 Å². The quantitative estimate of drug-likeness (QED) is 0.201. The maximum absolute atomic E-state index is 14.0. The number of nitrogens with zero attached hydrogens (tertiary/aromatic N) is 1. The predicted octanol–water partition coefficient (Wildman–Crippen LogP) is 3.72. The summed E-state index contributed by atoms with van der Waals surface area (Å²) in [5.41, 5.74) is 14.5. The zero-order valence-corrected chi connectivity index (χ0v) is 21.2. The molecule has 1 heterocycles. The normalized spacial score (nSPS) is 21.2. The number of ether oxygens (including phenoxy) is 1. The third kappa shape index (κ3) is 5.00. The number of esters is 1. The van der Waals surface area contributed by atoms with Crippen LogP contribution >= 0.6 is 0 Å². The minimum Gasteiger partial charge on any atom is -0.468 e. The van der Waals surface area contributed by atoms with Crippen LogP contribution in [-0.2, 0) is 20.7 Å². The lowest BCUT2D eigenvalue weighted by atomic mass is 9.75. The van der Waals surface area contributed by atoms with Crippen molar-refractivity contribution < 1.29 is 19.1 Å². The van der Waals surface area contributed by atoms with Crippen molar-refractivity contribution in [1.82, 2.24) is 4.90 Å². The van der Waals surface area contributed by atoms with Crippen molar-refractivity contribution in [2.75, 3.05) is 25.9 Å². The second kappa shape index (κ2) is 11.0. The van der Waals surface area contributed by atoms with Gasteiger partial charge in [-0.25, -0.2) is 0 Å². The number of hydrogen-bond acceptors (Lipinski definition) is 6. The summed E-state index contributed by atoms with van der Waals surface area (Å²) < 4.78 is 5.02. The summed E-state index contributed by atoms with van der Waals surface area (Å²) >= 11 is 0. The summed E-state index contributed by atoms with van der Waals surface area (Å²) in [4.78, 5) is 42.2. The van der Waals surface area contributed by atoms with Crippen molar-refractivity contribution in [3.05, 3.63) is 90.0 Å². The number of benzene rings is 3. The molecular formula is C30H33N3O4. The smallest absolute Gasteiger partial charge is 0.321 e. The van der Waals surface area contributed by atoms with E-state index in [0.29, 0.717) is 24.2 Å². The molecule has 1 amide bonds. The molecule has 0 saturated carbocycles. The van der Waals surface area contributed by atoms with E-state index in [1.165, 1.54) is 12.0 Å². The van der Waals surface area contributed by atoms with Gasteiger partial charge in [-0.15, -0.1) is 0 Å². The Hall–Kier alpha value is -3.97. The van der Waals surface area contributed by atoms with Crippen molar-refractivity contribution in [2.45, 2.75) is 25.8 Å². The predicted molar refractivity (Wildman–Crippen MR) is 144 cm³/mol. The molecule has 0 spiro atoms. The van der Waals surface area contributed by atoms with Crippen LogP contribution in [-0.4, -0.2) is 48.8 Å². The molecule has 1 fully saturated rings. The van der Waals surface area contributed by atoms with E-state index in [1.54, 1.807) is 31.2 Å². The van der Waals surface area contributed by atoms with E-state index in [2.05, 4.69) is 0 Å². The number of hydrogen-bond donors (Lipinski definition) is 2. The molecule has 1 aliphatic heterocycles. The SMILES string of the molecule is COC(=O)[C@]1(C)C(=O)N(CCCc2ccccc2)[C@H](C(=O)c2cccc(-c3cccc(N)c3)c2)C1CN. The van der Waals surface area contributed by atoms with Crippen LogP contribution in [0.2, 0.25) is 0 Å². The van der Waals surface area contributed by atoms with Gasteiger partial charge in [-0.2, -0.15) is 0 Å². The van der Waals surface area contributed by atoms with Gasteiger partial charge in [-0.05, 0) is 61.2 Å². The average molecular weight is 500 g/mol. The number of anilines is 1. The van der Waals surface area contributed by atoms with Crippen LogP contribution in [0.4, 0.5) is 5.69 Å². The fraction of sp³-hybridized carbons (Fsp3) is 0.300. The molecule has 0 aliphatic carbocycles. The highest BCUT2D eigenvalue weighted by Gasteiger charge is 2.62. The highest BCUT2D eigenvalue weighted by atomic mass is 16.5. The number of ketones is 1. The van der Waals surface area contributed by atoms with Gasteiger partial charge in [0.25, 0.3) is 0 Å². The summed E-state index contributed by atoms with van der Waals surface area (Å²) in [7, 11) is 1.25. The molecule has 192 valence electrons. The summed E-state index contributed by atoms with van der Waals surface area (Å²) in [5, 5.41) is 0. The van der Waals surface area contributed by atoms with Crippen LogP contribution in [0.25, 0.3) is 11.1 Å². The first-order chi connectivity index (χ1) is 17.8. The van der Waals surface area contributed by atoms with Gasteiger partial charge in [0.1, 0.15) is 11.5 Å². The van der Waals surface area contributed by atoms with Crippen molar-refractivity contribution in [3.8, 4) is 11.1 Å². The summed E-state index contributed by atoms with van der Waals surface area (Å²) in [5.74, 6) is -2.08. The first-order valence-corrected chi connectivity index (χ1v) is 12.4. The van der Waals surface area contributed by atoms with Gasteiger partial charge in [0, 0.05) is 23.7 Å². The van der Waals surface area contributed by atoms with Crippen molar-refractivity contribution in [3.63, 3.8) is 0 Å². The number of carbonyl (C=O) groups is 3. The van der Waals surface area contributed by atoms with Crippen molar-refractivity contribution >= 4 is 23.3 Å². The Labute approximate surface area is 217 Å². The number of nitrogens with two attached hydrogens (primary N) is 2. The Balaban J connectivity index is 1.68. The molecule has 4 rings (SSSR count). The van der Waals surface area contributed by atoms with Gasteiger partial charge in [-0.3, -0.25) is 14.4 Å². The van der Waals surface area contributed by atoms with Crippen LogP contribution in [0, 0.1) is 11.3 Å². The number of methoxy groups -OCH3 is 1. The molecule has 0 radical (unpaired) electrons. The molecule has 4 N–H and O–H groups in total. The summed E-state index contributed by atoms with van der Waals surface area (Å²) in [6.45, 7) is 1.85. The van der Waals surface area contributed by atoms with Crippen LogP contribution in [0.1, 0.15) is 29.3 Å². The molecule has 3 aromatic rings. The van der Waals surface area contributed by atoms with Gasteiger partial charge in [0.05, 0.1) is 7.11 Å². The van der Waals surface area contributed by atoms with E-state index in [4.69, 9.17) is 16.2 Å². The van der Waals surface area contributed by atoms with Crippen LogP contribution in [0.5, 0.6) is 0 Å². The Bertz CT molecular complexity index is 1290. The van der Waals surface area contributed by atoms with E-state index in [-0.39, 0.29) is 12.3 Å². The first-order valence-electron chi connectivity index (χ1n) is 12.4. The Morgan fingerprint density at radius 1 is 0.973 bits per heavy atom. The third-order valence-electron chi connectivity index (χ3n) is 7.37. The fourth-order valence-corrected chi connectivity index (χ4v) is 5.34. The van der Waals surface area contributed by atoms with E-state index in [1.807, 2.05) is 54.6 Å². The highest BCUT2D eigenvalue weighted by molar-refractivity contribution is 6.11. The molecule has 3 aromatic carbocycles. The van der Waals surface area contributed by atoms with Crippen molar-refractivity contribution in [1.29, 1.82) is 0 Å². The Morgan fingerprint density at radius 3 is 2.30 bits per heavy atom. The number of rotatable bonds is 9. The molecule has 7 nitrogen and oxygen atoms in total. The maximum Gasteiger partial charge on any atom is 0.321 e. The first kappa shape index (κ1) is 26.1. The summed E-state index contributed by atoms with van der Waals surface area (Å²) in [6, 6.07) is 23.7. The van der Waals surface area contributed by atoms with Crippen molar-refractivity contribution in [2.24, 2.45) is 17.1 Å². The molecule has 1 saturated heterocycles. The van der Waals surface area contributed by atoms with Gasteiger partial charge < -0.3 is 21.1 Å². The van der Waals surface area contributed by atoms with Crippen LogP contribution < -0.4 is 11.5 Å². The van der Waals surface area contributed by atoms with Gasteiger partial charge in [-0.1, -0.05) is 60.7 Å². The Kier molecular flexibility index (Phi) is 7.74. The molecule has 37 heavy (non-hydrogen) atoms. The summed E-state index contributed by atoms with van der Waals surface area (Å²) in [6.07, 6.45) is 1.37. The van der Waals surface area contributed by atoms with E-state index < -0.39 is 29.3 Å². The van der Waals surface area contributed by atoms with Crippen LogP contribution in [0.15, 0.2) is 78.9 Å². The van der Waals surface area contributed by atoms with E-state index in [9.17, 15) is 14.4 Å². The molecule has 1 aliphatic rings. The number of aryl methyl sites for hydroxylation is 1. The number of nitrogen functional groups attached to an aromatic ring is 1. The zero-order valence-electron chi connectivity index (χ0n) is 21.2. The number of amides is 1. The second-order valence-electron chi connectivity index (χ2n) is 9.64. The molecule has 3 atom stereocenters. The zero-order chi connectivity index (χ0) is 26.6. The molecule has 0 aromatic heterocycles. The number of Topliss-reactive ketones (excluding diaryl/α,β-unsaturated/α-hetero) is 1. The standard InChI is InChI=1S/C30H33N3O4/c1-30(29(36)37-2)25(19-31)26(33(28(30)35)16-8-11-20-9-4-3-5-10-20)27(34)23-14-6-12-21(17-23)22-13-7-15-24(32)18-22/h3-7,9-10,12-15,17-18,25-26H,8,11,16,19,31-32H2,1-2H3/t25?,26-,30-/m0/s1. The molecule has 0 bridgehead atoms. The molecular weight excluding hydrogens is 466 g/mol. The average Bonchev–Trinajstić information content (AvgIpc) is 3.15. The van der Waals surface area contributed by atoms with E-state index in [0.717, 1.165) is 23.1 Å². The molecule has 7 heteroatoms. The lowest BCUT2D eigenvalue weighted by Gasteiger charge is -2.28. The Morgan fingerprint density at radius 2 is 1.65 bits per heavy atom. The largest absolute Gasteiger partial charge is 0.468 e. The van der Waals surface area contributed by atoms with Gasteiger partial charge in [0.15, 0.2) is 5.78 Å². The minimum absolute atomic E-state index is 0.0160. The van der Waals surface area contributed by atoms with E-state index >= 15 is 0 Å². The number of carbonyl (C=O) groups excluding carboxylic acids is 3. The van der Waals surface area contributed by atoms with Gasteiger partial charge >= 0.3 is 5.97 Å². The van der Waals surface area contributed by atoms with Gasteiger partial charge in [0.2, 0.25) is 5.91 Å². The lowest BCUT2D eigenvalue weighted by Crippen LogP contribution is -2.45.